The van der Waals surface area contributed by atoms with Gasteiger partial charge < -0.3 is 10.6 Å². The Hall–Kier alpha value is -0.910. The van der Waals surface area contributed by atoms with Crippen LogP contribution in [0.2, 0.25) is 0 Å². The summed E-state index contributed by atoms with van der Waals surface area (Å²) in [6, 6.07) is 8.29. The molecule has 2 heterocycles. The zero-order chi connectivity index (χ0) is 13.9. The Morgan fingerprint density at radius 1 is 1.40 bits per heavy atom. The van der Waals surface area contributed by atoms with Crippen molar-refractivity contribution in [2.75, 3.05) is 31.5 Å². The highest BCUT2D eigenvalue weighted by Gasteiger charge is 2.34. The van der Waals surface area contributed by atoms with Gasteiger partial charge >= 0.3 is 0 Å². The molecule has 0 radical (unpaired) electrons. The topological polar surface area (TPSA) is 44.4 Å². The number of likely N-dealkylation sites (tertiary alicyclic amines) is 1. The molecule has 0 aromatic heterocycles. The fourth-order valence-corrected chi connectivity index (χ4v) is 3.60. The van der Waals surface area contributed by atoms with Crippen LogP contribution < -0.4 is 10.6 Å². The predicted molar refractivity (Wildman–Crippen MR) is 83.7 cm³/mol. The van der Waals surface area contributed by atoms with Gasteiger partial charge in [0.25, 0.3) is 0 Å². The van der Waals surface area contributed by atoms with Crippen LogP contribution in [0.1, 0.15) is 12.8 Å². The number of anilines is 1. The molecule has 2 N–H and O–H groups in total. The number of amides is 1. The molecule has 2 unspecified atom stereocenters. The zero-order valence-electron chi connectivity index (χ0n) is 11.4. The smallest absolute Gasteiger partial charge is 0.238 e. The van der Waals surface area contributed by atoms with Crippen molar-refractivity contribution in [2.45, 2.75) is 18.9 Å². The lowest BCUT2D eigenvalue weighted by molar-refractivity contribution is -0.117. The summed E-state index contributed by atoms with van der Waals surface area (Å²) < 4.78 is 0.921. The molecule has 0 saturated carbocycles. The van der Waals surface area contributed by atoms with Gasteiger partial charge in [-0.3, -0.25) is 9.69 Å². The van der Waals surface area contributed by atoms with E-state index in [1.807, 2.05) is 24.3 Å². The van der Waals surface area contributed by atoms with Gasteiger partial charge in [-0.25, -0.2) is 0 Å². The van der Waals surface area contributed by atoms with Crippen LogP contribution in [-0.2, 0) is 4.79 Å². The van der Waals surface area contributed by atoms with Crippen molar-refractivity contribution in [2.24, 2.45) is 5.92 Å². The Bertz CT molecular complexity index is 480. The first-order chi connectivity index (χ1) is 9.72. The van der Waals surface area contributed by atoms with Gasteiger partial charge in [0.05, 0.1) is 12.2 Å². The molecule has 2 saturated heterocycles. The largest absolute Gasteiger partial charge is 0.324 e. The van der Waals surface area contributed by atoms with E-state index in [0.29, 0.717) is 12.6 Å². The van der Waals surface area contributed by atoms with E-state index in [9.17, 15) is 4.79 Å². The lowest BCUT2D eigenvalue weighted by Gasteiger charge is -2.24. The first-order valence-corrected chi connectivity index (χ1v) is 8.02. The summed E-state index contributed by atoms with van der Waals surface area (Å²) in [6.07, 6.45) is 2.55. The van der Waals surface area contributed by atoms with Crippen LogP contribution in [0.3, 0.4) is 0 Å². The highest BCUT2D eigenvalue weighted by molar-refractivity contribution is 9.10. The van der Waals surface area contributed by atoms with Crippen LogP contribution in [0.25, 0.3) is 0 Å². The zero-order valence-corrected chi connectivity index (χ0v) is 13.0. The molecule has 108 valence electrons. The maximum Gasteiger partial charge on any atom is 0.238 e. The number of hydrogen-bond donors (Lipinski definition) is 2. The van der Waals surface area contributed by atoms with Gasteiger partial charge in [-0.05, 0) is 53.4 Å². The second-order valence-corrected chi connectivity index (χ2v) is 6.54. The van der Waals surface area contributed by atoms with E-state index in [1.54, 1.807) is 0 Å². The summed E-state index contributed by atoms with van der Waals surface area (Å²) in [5.41, 5.74) is 0.840. The van der Waals surface area contributed by atoms with Gasteiger partial charge in [-0.15, -0.1) is 0 Å². The maximum atomic E-state index is 12.1. The quantitative estimate of drug-likeness (QED) is 0.887. The monoisotopic (exact) mass is 337 g/mol. The van der Waals surface area contributed by atoms with Crippen molar-refractivity contribution in [1.29, 1.82) is 0 Å². The third-order valence-corrected chi connectivity index (χ3v) is 4.88. The van der Waals surface area contributed by atoms with Crippen molar-refractivity contribution < 1.29 is 4.79 Å². The number of carbonyl (C=O) groups excluding carboxylic acids is 1. The molecule has 1 aromatic carbocycles. The molecule has 0 bridgehead atoms. The lowest BCUT2D eigenvalue weighted by atomic mass is 9.94. The molecular weight excluding hydrogens is 318 g/mol. The van der Waals surface area contributed by atoms with Gasteiger partial charge in [0.2, 0.25) is 5.91 Å². The molecule has 0 spiro atoms. The summed E-state index contributed by atoms with van der Waals surface area (Å²) in [4.78, 5) is 14.4. The van der Waals surface area contributed by atoms with Gasteiger partial charge in [0.15, 0.2) is 0 Å². The molecule has 2 atom stereocenters. The summed E-state index contributed by atoms with van der Waals surface area (Å²) in [5.74, 6) is 0.788. The third-order valence-electron chi connectivity index (χ3n) is 4.19. The molecule has 2 aliphatic heterocycles. The van der Waals surface area contributed by atoms with Crippen LogP contribution >= 0.6 is 15.9 Å². The number of benzene rings is 1. The third kappa shape index (κ3) is 3.22. The first kappa shape index (κ1) is 14.0. The Balaban J connectivity index is 1.53. The predicted octanol–water partition coefficient (Wildman–Crippen LogP) is 2.07. The first-order valence-electron chi connectivity index (χ1n) is 7.22. The van der Waals surface area contributed by atoms with Crippen molar-refractivity contribution >= 4 is 27.5 Å². The lowest BCUT2D eigenvalue weighted by Crippen LogP contribution is -2.41. The summed E-state index contributed by atoms with van der Waals surface area (Å²) in [7, 11) is 0. The molecule has 2 fully saturated rings. The standard InChI is InChI=1S/C15H20BrN3O/c16-12-5-1-2-6-13(12)18-15(20)10-19-8-11-4-3-7-17-14(11)9-19/h1-2,5-6,11,14,17H,3-4,7-10H2,(H,18,20). The SMILES string of the molecule is O=C(CN1CC2CCCNC2C1)Nc1ccccc1Br. The number of fused-ring (bicyclic) bond motifs is 1. The minimum Gasteiger partial charge on any atom is -0.324 e. The Morgan fingerprint density at radius 3 is 3.05 bits per heavy atom. The molecule has 3 rings (SSSR count). The molecule has 1 amide bonds. The van der Waals surface area contributed by atoms with Crippen LogP contribution in [0.5, 0.6) is 0 Å². The number of nitrogens with zero attached hydrogens (tertiary/aromatic N) is 1. The summed E-state index contributed by atoms with van der Waals surface area (Å²) in [6.45, 7) is 3.64. The number of carbonyl (C=O) groups is 1. The highest BCUT2D eigenvalue weighted by atomic mass is 79.9. The number of hydrogen-bond acceptors (Lipinski definition) is 3. The normalized spacial score (nSPS) is 26.2. The summed E-state index contributed by atoms with van der Waals surface area (Å²) in [5, 5.41) is 6.53. The Labute approximate surface area is 128 Å². The van der Waals surface area contributed by atoms with Crippen molar-refractivity contribution in [1.82, 2.24) is 10.2 Å². The van der Waals surface area contributed by atoms with Gasteiger partial charge in [-0.2, -0.15) is 0 Å². The number of rotatable bonds is 3. The Kier molecular flexibility index (Phi) is 4.38. The fourth-order valence-electron chi connectivity index (χ4n) is 3.22. The van der Waals surface area contributed by atoms with E-state index in [-0.39, 0.29) is 5.91 Å². The second-order valence-electron chi connectivity index (χ2n) is 5.69. The number of piperidine rings is 1. The van der Waals surface area contributed by atoms with Gasteiger partial charge in [0.1, 0.15) is 0 Å². The van der Waals surface area contributed by atoms with Crippen LogP contribution in [0, 0.1) is 5.92 Å². The highest BCUT2D eigenvalue weighted by Crippen LogP contribution is 2.25. The van der Waals surface area contributed by atoms with Crippen molar-refractivity contribution in [3.63, 3.8) is 0 Å². The average Bonchev–Trinajstić information content (AvgIpc) is 2.83. The molecule has 1 aromatic rings. The second kappa shape index (κ2) is 6.24. The van der Waals surface area contributed by atoms with Crippen LogP contribution in [0.15, 0.2) is 28.7 Å². The molecular formula is C15H20BrN3O. The van der Waals surface area contributed by atoms with Crippen molar-refractivity contribution in [3.05, 3.63) is 28.7 Å². The number of nitrogens with one attached hydrogen (secondary N) is 2. The van der Waals surface area contributed by atoms with E-state index < -0.39 is 0 Å². The van der Waals surface area contributed by atoms with Gasteiger partial charge in [0, 0.05) is 23.6 Å². The van der Waals surface area contributed by atoms with Gasteiger partial charge in [-0.1, -0.05) is 12.1 Å². The minimum atomic E-state index is 0.0653. The Morgan fingerprint density at radius 2 is 2.25 bits per heavy atom. The molecule has 0 aliphatic carbocycles. The summed E-state index contributed by atoms with van der Waals surface area (Å²) >= 11 is 3.45. The van der Waals surface area contributed by atoms with E-state index in [1.165, 1.54) is 12.8 Å². The number of halogens is 1. The fraction of sp³-hybridized carbons (Fsp3) is 0.533. The molecule has 4 nitrogen and oxygen atoms in total. The minimum absolute atomic E-state index is 0.0653. The molecule has 20 heavy (non-hydrogen) atoms. The maximum absolute atomic E-state index is 12.1. The van der Waals surface area contributed by atoms with E-state index in [0.717, 1.165) is 35.7 Å². The van der Waals surface area contributed by atoms with Crippen LogP contribution in [-0.4, -0.2) is 43.0 Å². The van der Waals surface area contributed by atoms with E-state index in [2.05, 4.69) is 31.5 Å². The average molecular weight is 338 g/mol. The molecule has 5 heteroatoms. The van der Waals surface area contributed by atoms with Crippen LogP contribution in [0.4, 0.5) is 5.69 Å². The van der Waals surface area contributed by atoms with Crippen molar-refractivity contribution in [3.8, 4) is 0 Å². The molecule has 2 aliphatic rings. The number of para-hydroxylation sites is 1. The van der Waals surface area contributed by atoms with E-state index in [4.69, 9.17) is 0 Å². The van der Waals surface area contributed by atoms with E-state index >= 15 is 0 Å².